The fraction of sp³-hybridized carbons (Fsp3) is 0.158. The molecule has 0 bridgehead atoms. The number of hydrogen-bond acceptors (Lipinski definition) is 0. The molecule has 1 heterocycles. The Morgan fingerprint density at radius 2 is 1.57 bits per heavy atom. The lowest BCUT2D eigenvalue weighted by molar-refractivity contribution is -0.137. The SMILES string of the molecule is FC(F)(F)c1ccc(-c2c[nH]c3c2CCc2ccccc2-3)cc1. The number of hydrogen-bond donors (Lipinski definition) is 1. The molecule has 1 N–H and O–H groups in total. The molecular weight excluding hydrogens is 299 g/mol. The van der Waals surface area contributed by atoms with Crippen LogP contribution in [-0.4, -0.2) is 4.98 Å². The summed E-state index contributed by atoms with van der Waals surface area (Å²) in [6.07, 6.45) is -0.550. The van der Waals surface area contributed by atoms with Gasteiger partial charge < -0.3 is 4.98 Å². The van der Waals surface area contributed by atoms with Crippen LogP contribution in [0.3, 0.4) is 0 Å². The zero-order valence-corrected chi connectivity index (χ0v) is 12.2. The van der Waals surface area contributed by atoms with Crippen molar-refractivity contribution in [1.82, 2.24) is 4.98 Å². The van der Waals surface area contributed by atoms with Crippen molar-refractivity contribution < 1.29 is 13.2 Å². The number of nitrogens with one attached hydrogen (secondary N) is 1. The molecule has 1 aliphatic rings. The third-order valence-electron chi connectivity index (χ3n) is 4.44. The Balaban J connectivity index is 1.77. The zero-order chi connectivity index (χ0) is 16.0. The van der Waals surface area contributed by atoms with Gasteiger partial charge in [-0.2, -0.15) is 13.2 Å². The summed E-state index contributed by atoms with van der Waals surface area (Å²) in [4.78, 5) is 3.30. The molecule has 23 heavy (non-hydrogen) atoms. The van der Waals surface area contributed by atoms with Gasteiger partial charge in [0.25, 0.3) is 0 Å². The normalized spacial score (nSPS) is 13.5. The first-order valence-corrected chi connectivity index (χ1v) is 7.50. The molecule has 0 spiro atoms. The standard InChI is InChI=1S/C19H14F3N/c20-19(21,22)14-8-5-13(6-9-14)17-11-23-18-15-4-2-1-3-12(15)7-10-16(17)18/h1-6,8-9,11,23H,7,10H2. The van der Waals surface area contributed by atoms with Crippen molar-refractivity contribution in [2.75, 3.05) is 0 Å². The van der Waals surface area contributed by atoms with Gasteiger partial charge >= 0.3 is 6.18 Å². The zero-order valence-electron chi connectivity index (χ0n) is 12.2. The Labute approximate surface area is 131 Å². The van der Waals surface area contributed by atoms with Crippen LogP contribution in [0.5, 0.6) is 0 Å². The minimum atomic E-state index is -4.30. The molecule has 4 rings (SSSR count). The number of halogens is 3. The fourth-order valence-electron chi connectivity index (χ4n) is 3.29. The monoisotopic (exact) mass is 313 g/mol. The molecular formula is C19H14F3N. The largest absolute Gasteiger partial charge is 0.416 e. The van der Waals surface area contributed by atoms with Crippen LogP contribution in [0.25, 0.3) is 22.4 Å². The Morgan fingerprint density at radius 3 is 2.30 bits per heavy atom. The third-order valence-corrected chi connectivity index (χ3v) is 4.44. The van der Waals surface area contributed by atoms with Crippen LogP contribution in [0.1, 0.15) is 16.7 Å². The van der Waals surface area contributed by atoms with E-state index in [0.717, 1.165) is 41.8 Å². The number of aromatic nitrogens is 1. The van der Waals surface area contributed by atoms with Crippen molar-refractivity contribution >= 4 is 0 Å². The number of fused-ring (bicyclic) bond motifs is 3. The van der Waals surface area contributed by atoms with Crippen molar-refractivity contribution in [1.29, 1.82) is 0 Å². The molecule has 0 aliphatic heterocycles. The highest BCUT2D eigenvalue weighted by Crippen LogP contribution is 2.39. The van der Waals surface area contributed by atoms with Crippen molar-refractivity contribution in [2.24, 2.45) is 0 Å². The maximum atomic E-state index is 12.7. The van der Waals surface area contributed by atoms with E-state index in [0.29, 0.717) is 0 Å². The van der Waals surface area contributed by atoms with Crippen molar-refractivity contribution in [3.8, 4) is 22.4 Å². The second kappa shape index (κ2) is 5.01. The van der Waals surface area contributed by atoms with E-state index in [9.17, 15) is 13.2 Å². The molecule has 4 heteroatoms. The van der Waals surface area contributed by atoms with E-state index < -0.39 is 11.7 Å². The summed E-state index contributed by atoms with van der Waals surface area (Å²) >= 11 is 0. The van der Waals surface area contributed by atoms with Gasteiger partial charge in [-0.3, -0.25) is 0 Å². The van der Waals surface area contributed by atoms with E-state index in [1.165, 1.54) is 16.7 Å². The quantitative estimate of drug-likeness (QED) is 0.613. The number of alkyl halides is 3. The fourth-order valence-corrected chi connectivity index (χ4v) is 3.29. The molecule has 3 aromatic rings. The van der Waals surface area contributed by atoms with Gasteiger partial charge in [0.15, 0.2) is 0 Å². The summed E-state index contributed by atoms with van der Waals surface area (Å²) in [6, 6.07) is 13.6. The Bertz CT molecular complexity index is 857. The summed E-state index contributed by atoms with van der Waals surface area (Å²) in [5.41, 5.74) is 5.95. The molecule has 0 radical (unpaired) electrons. The second-order valence-electron chi connectivity index (χ2n) is 5.79. The molecule has 0 saturated carbocycles. The predicted octanol–water partition coefficient (Wildman–Crippen LogP) is 5.47. The molecule has 2 aromatic carbocycles. The van der Waals surface area contributed by atoms with Gasteiger partial charge in [-0.25, -0.2) is 0 Å². The van der Waals surface area contributed by atoms with E-state index in [4.69, 9.17) is 0 Å². The van der Waals surface area contributed by atoms with E-state index >= 15 is 0 Å². The first-order chi connectivity index (χ1) is 11.0. The predicted molar refractivity (Wildman–Crippen MR) is 84.1 cm³/mol. The number of aromatic amines is 1. The van der Waals surface area contributed by atoms with Crippen molar-refractivity contribution in [3.63, 3.8) is 0 Å². The maximum Gasteiger partial charge on any atom is 0.416 e. The number of aryl methyl sites for hydroxylation is 1. The summed E-state index contributed by atoms with van der Waals surface area (Å²) < 4.78 is 38.1. The highest BCUT2D eigenvalue weighted by molar-refractivity contribution is 5.80. The highest BCUT2D eigenvalue weighted by atomic mass is 19.4. The Kier molecular flexibility index (Phi) is 3.08. The van der Waals surface area contributed by atoms with Gasteiger partial charge in [-0.15, -0.1) is 0 Å². The Morgan fingerprint density at radius 1 is 0.826 bits per heavy atom. The lowest BCUT2D eigenvalue weighted by atomic mass is 9.87. The van der Waals surface area contributed by atoms with Crippen LogP contribution in [0, 0.1) is 0 Å². The average molecular weight is 313 g/mol. The topological polar surface area (TPSA) is 15.8 Å². The number of H-pyrrole nitrogens is 1. The molecule has 116 valence electrons. The van der Waals surface area contributed by atoms with Gasteiger partial charge in [0.2, 0.25) is 0 Å². The first-order valence-electron chi connectivity index (χ1n) is 7.50. The Hall–Kier alpha value is -2.49. The van der Waals surface area contributed by atoms with Gasteiger partial charge in [0, 0.05) is 23.0 Å². The van der Waals surface area contributed by atoms with E-state index in [1.807, 2.05) is 18.3 Å². The highest BCUT2D eigenvalue weighted by Gasteiger charge is 2.30. The van der Waals surface area contributed by atoms with Gasteiger partial charge in [0.1, 0.15) is 0 Å². The molecule has 0 unspecified atom stereocenters. The van der Waals surface area contributed by atoms with E-state index in [-0.39, 0.29) is 0 Å². The lowest BCUT2D eigenvalue weighted by Crippen LogP contribution is -2.04. The van der Waals surface area contributed by atoms with Crippen LogP contribution in [-0.2, 0) is 19.0 Å². The lowest BCUT2D eigenvalue weighted by Gasteiger charge is -2.17. The molecule has 0 fully saturated rings. The minimum Gasteiger partial charge on any atom is -0.360 e. The van der Waals surface area contributed by atoms with Crippen LogP contribution in [0.2, 0.25) is 0 Å². The smallest absolute Gasteiger partial charge is 0.360 e. The molecule has 0 atom stereocenters. The first kappa shape index (κ1) is 14.1. The van der Waals surface area contributed by atoms with Crippen LogP contribution in [0.15, 0.2) is 54.7 Å². The van der Waals surface area contributed by atoms with E-state index in [1.54, 1.807) is 12.1 Å². The van der Waals surface area contributed by atoms with Gasteiger partial charge in [-0.1, -0.05) is 36.4 Å². The number of rotatable bonds is 1. The number of benzene rings is 2. The van der Waals surface area contributed by atoms with Crippen LogP contribution in [0.4, 0.5) is 13.2 Å². The molecule has 1 aliphatic carbocycles. The third kappa shape index (κ3) is 2.34. The molecule has 0 saturated heterocycles. The van der Waals surface area contributed by atoms with Gasteiger partial charge in [0.05, 0.1) is 5.56 Å². The molecule has 0 amide bonds. The maximum absolute atomic E-state index is 12.7. The summed E-state index contributed by atoms with van der Waals surface area (Å²) in [5, 5.41) is 0. The minimum absolute atomic E-state index is 0.615. The molecule has 1 aromatic heterocycles. The molecule has 1 nitrogen and oxygen atoms in total. The van der Waals surface area contributed by atoms with Crippen molar-refractivity contribution in [2.45, 2.75) is 19.0 Å². The van der Waals surface area contributed by atoms with Crippen LogP contribution < -0.4 is 0 Å². The summed E-state index contributed by atoms with van der Waals surface area (Å²) in [5.74, 6) is 0. The van der Waals surface area contributed by atoms with Gasteiger partial charge in [-0.05, 0) is 41.7 Å². The van der Waals surface area contributed by atoms with E-state index in [2.05, 4.69) is 17.1 Å². The summed E-state index contributed by atoms with van der Waals surface area (Å²) in [7, 11) is 0. The van der Waals surface area contributed by atoms with Crippen LogP contribution >= 0.6 is 0 Å². The summed E-state index contributed by atoms with van der Waals surface area (Å²) in [6.45, 7) is 0. The average Bonchev–Trinajstić information content (AvgIpc) is 2.98. The second-order valence-corrected chi connectivity index (χ2v) is 5.79. The van der Waals surface area contributed by atoms with Crippen molar-refractivity contribution in [3.05, 3.63) is 71.4 Å².